The average molecular weight is 306 g/mol. The molecule has 0 aromatic carbocycles. The van der Waals surface area contributed by atoms with Crippen LogP contribution in [0, 0.1) is 0 Å². The highest BCUT2D eigenvalue weighted by atomic mass is 79.9. The van der Waals surface area contributed by atoms with E-state index in [9.17, 15) is 0 Å². The number of rotatable bonds is 2. The smallest absolute Gasteiger partial charge is 0.135 e. The first-order valence-electron chi connectivity index (χ1n) is 5.88. The molecule has 3 nitrogen and oxygen atoms in total. The summed E-state index contributed by atoms with van der Waals surface area (Å²) in [5.41, 5.74) is 2.12. The van der Waals surface area contributed by atoms with E-state index in [0.717, 1.165) is 28.1 Å². The largest absolute Gasteiger partial charge is 0.264 e. The van der Waals surface area contributed by atoms with Crippen molar-refractivity contribution in [1.82, 2.24) is 15.0 Å². The lowest BCUT2D eigenvalue weighted by Gasteiger charge is -2.17. The Balaban J connectivity index is 2.32. The van der Waals surface area contributed by atoms with Crippen LogP contribution in [0.25, 0.3) is 0 Å². The van der Waals surface area contributed by atoms with E-state index in [1.807, 2.05) is 18.3 Å². The average Bonchev–Trinajstić information content (AvgIpc) is 2.28. The van der Waals surface area contributed by atoms with Gasteiger partial charge in [-0.15, -0.1) is 0 Å². The Labute approximate surface area is 116 Å². The number of hydrogen-bond acceptors (Lipinski definition) is 3. The molecule has 0 aliphatic rings. The molecule has 0 aliphatic carbocycles. The normalized spacial score (nSPS) is 11.6. The number of nitrogens with zero attached hydrogens (tertiary/aromatic N) is 3. The van der Waals surface area contributed by atoms with Crippen LogP contribution in [0.15, 0.2) is 35.2 Å². The summed E-state index contributed by atoms with van der Waals surface area (Å²) in [6, 6.07) is 5.96. The van der Waals surface area contributed by atoms with Gasteiger partial charge in [0.1, 0.15) is 10.4 Å². The SMILES string of the molecule is CC(C)(C)c1nc(Br)cc(Cc2cccnc2)n1. The number of hydrogen-bond donors (Lipinski definition) is 0. The summed E-state index contributed by atoms with van der Waals surface area (Å²) in [5, 5.41) is 0. The van der Waals surface area contributed by atoms with Gasteiger partial charge in [0.15, 0.2) is 0 Å². The van der Waals surface area contributed by atoms with Crippen molar-refractivity contribution >= 4 is 15.9 Å². The molecule has 2 rings (SSSR count). The zero-order chi connectivity index (χ0) is 13.2. The van der Waals surface area contributed by atoms with E-state index in [1.54, 1.807) is 6.20 Å². The van der Waals surface area contributed by atoms with Gasteiger partial charge in [0.25, 0.3) is 0 Å². The Bertz CT molecular complexity index is 532. The molecule has 0 unspecified atom stereocenters. The lowest BCUT2D eigenvalue weighted by atomic mass is 9.95. The van der Waals surface area contributed by atoms with Crippen molar-refractivity contribution < 1.29 is 0 Å². The minimum Gasteiger partial charge on any atom is -0.264 e. The predicted molar refractivity (Wildman–Crippen MR) is 75.5 cm³/mol. The summed E-state index contributed by atoms with van der Waals surface area (Å²) < 4.78 is 0.835. The van der Waals surface area contributed by atoms with Crippen molar-refractivity contribution in [1.29, 1.82) is 0 Å². The van der Waals surface area contributed by atoms with E-state index >= 15 is 0 Å². The second kappa shape index (κ2) is 5.14. The van der Waals surface area contributed by atoms with Crippen molar-refractivity contribution in [3.05, 3.63) is 52.3 Å². The standard InChI is InChI=1S/C14H16BrN3/c1-14(2,3)13-17-11(8-12(15)18-13)7-10-5-4-6-16-9-10/h4-6,8-9H,7H2,1-3H3. The van der Waals surface area contributed by atoms with Crippen LogP contribution in [-0.2, 0) is 11.8 Å². The van der Waals surface area contributed by atoms with Gasteiger partial charge in [-0.3, -0.25) is 4.98 Å². The van der Waals surface area contributed by atoms with Crippen LogP contribution >= 0.6 is 15.9 Å². The summed E-state index contributed by atoms with van der Waals surface area (Å²) in [5.74, 6) is 0.857. The molecule has 2 aromatic rings. The molecule has 94 valence electrons. The molecule has 0 saturated carbocycles. The Kier molecular flexibility index (Phi) is 3.76. The number of aromatic nitrogens is 3. The van der Waals surface area contributed by atoms with Gasteiger partial charge in [0.2, 0.25) is 0 Å². The van der Waals surface area contributed by atoms with E-state index in [4.69, 9.17) is 0 Å². The molecule has 0 bridgehead atoms. The van der Waals surface area contributed by atoms with Gasteiger partial charge in [0.05, 0.1) is 0 Å². The third kappa shape index (κ3) is 3.35. The van der Waals surface area contributed by atoms with Gasteiger partial charge in [-0.25, -0.2) is 9.97 Å². The monoisotopic (exact) mass is 305 g/mol. The molecule has 4 heteroatoms. The highest BCUT2D eigenvalue weighted by molar-refractivity contribution is 9.10. The Hall–Kier alpha value is -1.29. The van der Waals surface area contributed by atoms with Crippen molar-refractivity contribution in [3.63, 3.8) is 0 Å². The zero-order valence-electron chi connectivity index (χ0n) is 10.8. The minimum atomic E-state index is -0.0481. The van der Waals surface area contributed by atoms with Crippen LogP contribution in [0.1, 0.15) is 37.9 Å². The first kappa shape index (κ1) is 13.1. The fraction of sp³-hybridized carbons (Fsp3) is 0.357. The van der Waals surface area contributed by atoms with Crippen LogP contribution in [0.5, 0.6) is 0 Å². The Morgan fingerprint density at radius 1 is 1.22 bits per heavy atom. The van der Waals surface area contributed by atoms with E-state index in [1.165, 1.54) is 0 Å². The van der Waals surface area contributed by atoms with Gasteiger partial charge >= 0.3 is 0 Å². The maximum atomic E-state index is 4.63. The number of pyridine rings is 1. The maximum absolute atomic E-state index is 4.63. The fourth-order valence-electron chi connectivity index (χ4n) is 1.60. The van der Waals surface area contributed by atoms with Gasteiger partial charge in [-0.2, -0.15) is 0 Å². The van der Waals surface area contributed by atoms with E-state index in [2.05, 4.69) is 57.7 Å². The first-order chi connectivity index (χ1) is 8.45. The van der Waals surface area contributed by atoms with Crippen LogP contribution in [-0.4, -0.2) is 15.0 Å². The number of halogens is 1. The molecule has 0 saturated heterocycles. The van der Waals surface area contributed by atoms with Gasteiger partial charge in [-0.1, -0.05) is 26.8 Å². The fourth-order valence-corrected chi connectivity index (χ4v) is 2.03. The van der Waals surface area contributed by atoms with E-state index in [-0.39, 0.29) is 5.41 Å². The highest BCUT2D eigenvalue weighted by Crippen LogP contribution is 2.21. The van der Waals surface area contributed by atoms with Crippen LogP contribution in [0.2, 0.25) is 0 Å². The van der Waals surface area contributed by atoms with Crippen molar-refractivity contribution in [2.24, 2.45) is 0 Å². The Morgan fingerprint density at radius 2 is 2.00 bits per heavy atom. The molecule has 0 spiro atoms. The lowest BCUT2D eigenvalue weighted by Crippen LogP contribution is -2.17. The summed E-state index contributed by atoms with van der Waals surface area (Å²) in [7, 11) is 0. The van der Waals surface area contributed by atoms with Crippen LogP contribution < -0.4 is 0 Å². The molecule has 0 atom stereocenters. The third-order valence-corrected chi connectivity index (χ3v) is 2.93. The molecule has 2 heterocycles. The Morgan fingerprint density at radius 3 is 2.61 bits per heavy atom. The molecular formula is C14H16BrN3. The molecule has 0 amide bonds. The molecule has 0 radical (unpaired) electrons. The highest BCUT2D eigenvalue weighted by Gasteiger charge is 2.18. The molecule has 0 fully saturated rings. The second-order valence-corrected chi connectivity index (χ2v) is 6.11. The molecule has 18 heavy (non-hydrogen) atoms. The van der Waals surface area contributed by atoms with Gasteiger partial charge in [-0.05, 0) is 33.6 Å². The minimum absolute atomic E-state index is 0.0481. The van der Waals surface area contributed by atoms with Gasteiger partial charge < -0.3 is 0 Å². The third-order valence-electron chi connectivity index (χ3n) is 2.53. The van der Waals surface area contributed by atoms with Crippen molar-refractivity contribution in [3.8, 4) is 0 Å². The topological polar surface area (TPSA) is 38.7 Å². The van der Waals surface area contributed by atoms with Crippen molar-refractivity contribution in [2.45, 2.75) is 32.6 Å². The summed E-state index contributed by atoms with van der Waals surface area (Å²) in [6.07, 6.45) is 4.42. The summed E-state index contributed by atoms with van der Waals surface area (Å²) in [6.45, 7) is 6.34. The molecule has 2 aromatic heterocycles. The second-order valence-electron chi connectivity index (χ2n) is 5.29. The maximum Gasteiger partial charge on any atom is 0.135 e. The van der Waals surface area contributed by atoms with Gasteiger partial charge in [0, 0.05) is 29.9 Å². The lowest BCUT2D eigenvalue weighted by molar-refractivity contribution is 0.540. The van der Waals surface area contributed by atoms with E-state index < -0.39 is 0 Å². The molecule has 0 N–H and O–H groups in total. The zero-order valence-corrected chi connectivity index (χ0v) is 12.4. The molecule has 0 aliphatic heterocycles. The summed E-state index contributed by atoms with van der Waals surface area (Å²) in [4.78, 5) is 13.2. The van der Waals surface area contributed by atoms with E-state index in [0.29, 0.717) is 0 Å². The van der Waals surface area contributed by atoms with Crippen LogP contribution in [0.4, 0.5) is 0 Å². The summed E-state index contributed by atoms with van der Waals surface area (Å²) >= 11 is 3.45. The van der Waals surface area contributed by atoms with Crippen LogP contribution in [0.3, 0.4) is 0 Å². The first-order valence-corrected chi connectivity index (χ1v) is 6.67. The predicted octanol–water partition coefficient (Wildman–Crippen LogP) is 3.52. The quantitative estimate of drug-likeness (QED) is 0.797. The molecular weight excluding hydrogens is 290 g/mol. The van der Waals surface area contributed by atoms with Crippen molar-refractivity contribution in [2.75, 3.05) is 0 Å².